The van der Waals surface area contributed by atoms with Crippen LogP contribution in [-0.2, 0) is 25.4 Å². The second-order valence-electron chi connectivity index (χ2n) is 6.67. The minimum atomic E-state index is -0.171. The van der Waals surface area contributed by atoms with Crippen molar-refractivity contribution in [3.8, 4) is 0 Å². The molecule has 0 aliphatic carbocycles. The summed E-state index contributed by atoms with van der Waals surface area (Å²) in [6.07, 6.45) is 6.59. The Balaban J connectivity index is 1.99. The number of aryl methyl sites for hydroxylation is 1. The van der Waals surface area contributed by atoms with Crippen molar-refractivity contribution in [3.63, 3.8) is 0 Å². The number of rotatable bonds is 18. The summed E-state index contributed by atoms with van der Waals surface area (Å²) < 4.78 is 16.6. The van der Waals surface area contributed by atoms with E-state index in [4.69, 9.17) is 14.2 Å². The minimum absolute atomic E-state index is 0.171. The molecule has 0 saturated heterocycles. The third kappa shape index (κ3) is 12.7. The normalized spacial score (nSPS) is 10.8. The molecule has 0 atom stereocenters. The predicted molar refractivity (Wildman–Crippen MR) is 113 cm³/mol. The van der Waals surface area contributed by atoms with E-state index >= 15 is 0 Å². The van der Waals surface area contributed by atoms with Crippen molar-refractivity contribution in [2.45, 2.75) is 65.1 Å². The van der Waals surface area contributed by atoms with Crippen molar-refractivity contribution in [2.75, 3.05) is 32.9 Å². The van der Waals surface area contributed by atoms with Crippen molar-refractivity contribution in [1.29, 1.82) is 0 Å². The van der Waals surface area contributed by atoms with Gasteiger partial charge < -0.3 is 19.5 Å². The van der Waals surface area contributed by atoms with Crippen LogP contribution >= 0.6 is 0 Å². The number of ether oxygens (including phenoxy) is 3. The highest BCUT2D eigenvalue weighted by molar-refractivity contribution is 5.49. The zero-order valence-corrected chi connectivity index (χ0v) is 17.6. The molecular formula is C23H37NO4. The Hall–Kier alpha value is -1.65. The minimum Gasteiger partial charge on any atom is -0.487 e. The summed E-state index contributed by atoms with van der Waals surface area (Å²) in [7, 11) is 0. The summed E-state index contributed by atoms with van der Waals surface area (Å²) in [4.78, 5) is 11.0. The van der Waals surface area contributed by atoms with Crippen LogP contribution in [0.3, 0.4) is 0 Å². The van der Waals surface area contributed by atoms with Gasteiger partial charge in [0.05, 0.1) is 6.61 Å². The molecule has 5 heteroatoms. The van der Waals surface area contributed by atoms with E-state index < -0.39 is 0 Å². The molecule has 0 bridgehead atoms. The molecule has 0 saturated carbocycles. The largest absolute Gasteiger partial charge is 0.487 e. The summed E-state index contributed by atoms with van der Waals surface area (Å²) in [6.45, 7) is 7.45. The van der Waals surface area contributed by atoms with Crippen molar-refractivity contribution >= 4 is 5.94 Å². The number of benzene rings is 1. The molecule has 0 spiro atoms. The van der Waals surface area contributed by atoms with Crippen LogP contribution in [0.1, 0.15) is 57.9 Å². The van der Waals surface area contributed by atoms with E-state index in [0.717, 1.165) is 45.1 Å². The van der Waals surface area contributed by atoms with E-state index in [1.165, 1.54) is 5.56 Å². The molecule has 0 unspecified atom stereocenters. The molecule has 1 aromatic rings. The Morgan fingerprint density at radius 3 is 2.43 bits per heavy atom. The van der Waals surface area contributed by atoms with Gasteiger partial charge in [0.15, 0.2) is 18.0 Å². The van der Waals surface area contributed by atoms with Crippen LogP contribution in [0, 0.1) is 0 Å². The first-order valence-corrected chi connectivity index (χ1v) is 10.6. The van der Waals surface area contributed by atoms with Gasteiger partial charge in [-0.3, -0.25) is 0 Å². The van der Waals surface area contributed by atoms with Crippen LogP contribution in [0.2, 0.25) is 0 Å². The van der Waals surface area contributed by atoms with Gasteiger partial charge >= 0.3 is 0 Å². The molecular weight excluding hydrogens is 354 g/mol. The van der Waals surface area contributed by atoms with Gasteiger partial charge in [-0.05, 0) is 58.1 Å². The number of unbranched alkanes of at least 4 members (excludes halogenated alkanes) is 3. The molecule has 0 radical (unpaired) electrons. The van der Waals surface area contributed by atoms with Gasteiger partial charge in [0.1, 0.15) is 0 Å². The van der Waals surface area contributed by atoms with E-state index in [-0.39, 0.29) is 6.29 Å². The summed E-state index contributed by atoms with van der Waals surface area (Å²) in [5, 5.41) is 3.35. The Morgan fingerprint density at radius 2 is 1.75 bits per heavy atom. The van der Waals surface area contributed by atoms with Crippen LogP contribution in [0.4, 0.5) is 0 Å². The lowest BCUT2D eigenvalue weighted by Crippen LogP contribution is -2.32. The van der Waals surface area contributed by atoms with Crippen LogP contribution in [0.5, 0.6) is 0 Å². The number of allylic oxidation sites excluding steroid dienone is 1. The number of nitrogens with one attached hydrogen (secondary N) is 1. The van der Waals surface area contributed by atoms with Crippen molar-refractivity contribution in [1.82, 2.24) is 5.32 Å². The summed E-state index contributed by atoms with van der Waals surface area (Å²) in [5.74, 6) is 2.41. The van der Waals surface area contributed by atoms with Crippen LogP contribution in [-0.4, -0.2) is 45.1 Å². The maximum atomic E-state index is 11.0. The lowest BCUT2D eigenvalue weighted by Gasteiger charge is -2.17. The first-order chi connectivity index (χ1) is 13.8. The third-order valence-corrected chi connectivity index (χ3v) is 4.37. The Kier molecular flexibility index (Phi) is 15.2. The second-order valence-corrected chi connectivity index (χ2v) is 6.67. The fourth-order valence-corrected chi connectivity index (χ4v) is 2.89. The molecule has 0 amide bonds. The maximum Gasteiger partial charge on any atom is 0.179 e. The fraction of sp³-hybridized carbons (Fsp3) is 0.652. The number of hydrogen-bond acceptors (Lipinski definition) is 5. The zero-order valence-electron chi connectivity index (χ0n) is 17.6. The van der Waals surface area contributed by atoms with E-state index in [0.29, 0.717) is 38.5 Å². The van der Waals surface area contributed by atoms with Gasteiger partial charge in [0, 0.05) is 26.2 Å². The van der Waals surface area contributed by atoms with Gasteiger partial charge in [-0.1, -0.05) is 36.8 Å². The summed E-state index contributed by atoms with van der Waals surface area (Å²) in [6, 6.07) is 10.4. The second kappa shape index (κ2) is 17.4. The van der Waals surface area contributed by atoms with Gasteiger partial charge in [0.2, 0.25) is 0 Å². The summed E-state index contributed by atoms with van der Waals surface area (Å²) in [5.41, 5.74) is 1.34. The molecule has 158 valence electrons. The lowest BCUT2D eigenvalue weighted by molar-refractivity contribution is -0.132. The molecule has 0 heterocycles. The van der Waals surface area contributed by atoms with E-state index in [1.54, 1.807) is 0 Å². The standard InChI is InChI=1S/C23H37NO4/c1-3-26-23(27-4-2)19-24-17-11-6-9-16-22(20-25)28-18-12-10-15-21-13-7-5-8-14-21/h5,7-8,13-14,23-24H,3-4,6,9-12,15-19H2,1-2H3. The lowest BCUT2D eigenvalue weighted by atomic mass is 10.1. The van der Waals surface area contributed by atoms with Crippen LogP contribution in [0.25, 0.3) is 0 Å². The first kappa shape index (κ1) is 24.4. The number of hydrogen-bond donors (Lipinski definition) is 1. The molecule has 0 fully saturated rings. The number of carbonyl (C=O) groups excluding carboxylic acids is 1. The first-order valence-electron chi connectivity index (χ1n) is 10.6. The maximum absolute atomic E-state index is 11.0. The molecule has 1 aromatic carbocycles. The smallest absolute Gasteiger partial charge is 0.179 e. The molecule has 0 aliphatic rings. The third-order valence-electron chi connectivity index (χ3n) is 4.37. The molecule has 1 N–H and O–H groups in total. The van der Waals surface area contributed by atoms with Crippen LogP contribution < -0.4 is 5.32 Å². The van der Waals surface area contributed by atoms with Gasteiger partial charge in [-0.25, -0.2) is 4.79 Å². The Bertz CT molecular complexity index is 523. The summed E-state index contributed by atoms with van der Waals surface area (Å²) >= 11 is 0. The Morgan fingerprint density at radius 1 is 1.00 bits per heavy atom. The predicted octanol–water partition coefficient (Wildman–Crippen LogP) is 4.29. The van der Waals surface area contributed by atoms with Crippen molar-refractivity contribution < 1.29 is 19.0 Å². The van der Waals surface area contributed by atoms with E-state index in [2.05, 4.69) is 29.6 Å². The average molecular weight is 392 g/mol. The van der Waals surface area contributed by atoms with Gasteiger partial charge in [-0.15, -0.1) is 0 Å². The zero-order chi connectivity index (χ0) is 20.3. The molecule has 0 aliphatic heterocycles. The van der Waals surface area contributed by atoms with E-state index in [1.807, 2.05) is 25.9 Å². The molecule has 1 rings (SSSR count). The molecule has 0 aromatic heterocycles. The highest BCUT2D eigenvalue weighted by Gasteiger charge is 2.06. The highest BCUT2D eigenvalue weighted by atomic mass is 16.7. The molecule has 5 nitrogen and oxygen atoms in total. The van der Waals surface area contributed by atoms with Gasteiger partial charge in [-0.2, -0.15) is 0 Å². The topological polar surface area (TPSA) is 56.8 Å². The monoisotopic (exact) mass is 391 g/mol. The van der Waals surface area contributed by atoms with Crippen molar-refractivity contribution in [2.24, 2.45) is 0 Å². The fourth-order valence-electron chi connectivity index (χ4n) is 2.89. The highest BCUT2D eigenvalue weighted by Crippen LogP contribution is 2.10. The van der Waals surface area contributed by atoms with E-state index in [9.17, 15) is 4.79 Å². The van der Waals surface area contributed by atoms with Crippen molar-refractivity contribution in [3.05, 3.63) is 41.7 Å². The SMILES string of the molecule is CCOC(CNCCCCCC(=C=O)OCCCCc1ccccc1)OCC. The average Bonchev–Trinajstić information content (AvgIpc) is 2.72. The molecule has 28 heavy (non-hydrogen) atoms. The van der Waals surface area contributed by atoms with Crippen LogP contribution in [0.15, 0.2) is 36.1 Å². The van der Waals surface area contributed by atoms with Gasteiger partial charge in [0.25, 0.3) is 0 Å². The Labute approximate surface area is 170 Å². The quantitative estimate of drug-likeness (QED) is 0.175.